The standard InChI is InChI=1S/C29H28ClFN2O/c1-21-9-8-14-26(28(21)30)32-17-18-33-29(23-12-6-3-7-13-23)24-15-16-27(25(31)19-24)34-20-22-10-4-2-5-11-22/h2-16,19,29,32-33H,17-18,20H2,1H3. The zero-order valence-corrected chi connectivity index (χ0v) is 19.9. The van der Waals surface area contributed by atoms with Gasteiger partial charge in [0.05, 0.1) is 16.8 Å². The quantitative estimate of drug-likeness (QED) is 0.239. The van der Waals surface area contributed by atoms with Crippen molar-refractivity contribution in [3.63, 3.8) is 0 Å². The molecule has 0 fully saturated rings. The Hall–Kier alpha value is -3.34. The van der Waals surface area contributed by atoms with Crippen LogP contribution in [0.4, 0.5) is 10.1 Å². The highest BCUT2D eigenvalue weighted by atomic mass is 35.5. The molecular formula is C29H28ClFN2O. The highest BCUT2D eigenvalue weighted by molar-refractivity contribution is 6.33. The van der Waals surface area contributed by atoms with E-state index in [-0.39, 0.29) is 17.6 Å². The summed E-state index contributed by atoms with van der Waals surface area (Å²) >= 11 is 6.39. The lowest BCUT2D eigenvalue weighted by Crippen LogP contribution is -2.28. The SMILES string of the molecule is Cc1cccc(NCCNC(c2ccccc2)c2ccc(OCc3ccccc3)c(F)c2)c1Cl. The van der Waals surface area contributed by atoms with Crippen LogP contribution < -0.4 is 15.4 Å². The van der Waals surface area contributed by atoms with E-state index in [2.05, 4.69) is 10.6 Å². The third-order valence-corrected chi connectivity index (χ3v) is 6.14. The average molecular weight is 475 g/mol. The van der Waals surface area contributed by atoms with Gasteiger partial charge in [0.1, 0.15) is 6.61 Å². The van der Waals surface area contributed by atoms with Crippen molar-refractivity contribution < 1.29 is 9.13 Å². The lowest BCUT2D eigenvalue weighted by Gasteiger charge is -2.21. The molecule has 0 aliphatic carbocycles. The number of benzene rings is 4. The van der Waals surface area contributed by atoms with Crippen LogP contribution in [-0.4, -0.2) is 13.1 Å². The van der Waals surface area contributed by atoms with Gasteiger partial charge in [-0.05, 0) is 47.4 Å². The topological polar surface area (TPSA) is 33.3 Å². The van der Waals surface area contributed by atoms with Gasteiger partial charge in [0.25, 0.3) is 0 Å². The molecule has 1 unspecified atom stereocenters. The van der Waals surface area contributed by atoms with Crippen LogP contribution >= 0.6 is 11.6 Å². The van der Waals surface area contributed by atoms with Gasteiger partial charge in [0, 0.05) is 13.1 Å². The molecule has 0 saturated heterocycles. The molecule has 0 spiro atoms. The Labute approximate surface area is 205 Å². The van der Waals surface area contributed by atoms with E-state index in [0.29, 0.717) is 19.7 Å². The van der Waals surface area contributed by atoms with Crippen LogP contribution in [0.2, 0.25) is 5.02 Å². The second kappa shape index (κ2) is 11.7. The lowest BCUT2D eigenvalue weighted by atomic mass is 9.98. The van der Waals surface area contributed by atoms with Crippen molar-refractivity contribution in [2.24, 2.45) is 0 Å². The molecule has 0 bridgehead atoms. The first-order chi connectivity index (χ1) is 16.6. The van der Waals surface area contributed by atoms with E-state index in [1.165, 1.54) is 0 Å². The first kappa shape index (κ1) is 23.8. The van der Waals surface area contributed by atoms with E-state index < -0.39 is 0 Å². The molecule has 1 atom stereocenters. The number of hydrogen-bond acceptors (Lipinski definition) is 3. The minimum Gasteiger partial charge on any atom is -0.486 e. The third-order valence-electron chi connectivity index (χ3n) is 5.64. The predicted octanol–water partition coefficient (Wildman–Crippen LogP) is 7.16. The highest BCUT2D eigenvalue weighted by Gasteiger charge is 2.16. The summed E-state index contributed by atoms with van der Waals surface area (Å²) < 4.78 is 20.7. The summed E-state index contributed by atoms with van der Waals surface area (Å²) in [6.07, 6.45) is 0. The van der Waals surface area contributed by atoms with Crippen molar-refractivity contribution in [3.8, 4) is 5.75 Å². The molecule has 0 aromatic heterocycles. The molecule has 2 N–H and O–H groups in total. The van der Waals surface area contributed by atoms with Crippen LogP contribution in [0.5, 0.6) is 5.75 Å². The average Bonchev–Trinajstić information content (AvgIpc) is 2.87. The second-order valence-electron chi connectivity index (χ2n) is 8.13. The Balaban J connectivity index is 1.44. The fourth-order valence-electron chi connectivity index (χ4n) is 3.82. The van der Waals surface area contributed by atoms with Crippen LogP contribution in [-0.2, 0) is 6.61 Å². The molecule has 0 amide bonds. The summed E-state index contributed by atoms with van der Waals surface area (Å²) in [5.74, 6) is -0.129. The summed E-state index contributed by atoms with van der Waals surface area (Å²) in [5.41, 5.74) is 4.84. The normalized spacial score (nSPS) is 11.7. The van der Waals surface area contributed by atoms with E-state index in [0.717, 1.165) is 33.0 Å². The van der Waals surface area contributed by atoms with Crippen molar-refractivity contribution in [2.45, 2.75) is 19.6 Å². The van der Waals surface area contributed by atoms with Crippen molar-refractivity contribution >= 4 is 17.3 Å². The molecule has 0 aliphatic heterocycles. The van der Waals surface area contributed by atoms with Gasteiger partial charge in [-0.3, -0.25) is 0 Å². The largest absolute Gasteiger partial charge is 0.486 e. The molecule has 4 aromatic rings. The smallest absolute Gasteiger partial charge is 0.165 e. The zero-order chi connectivity index (χ0) is 23.8. The van der Waals surface area contributed by atoms with Crippen LogP contribution in [0.1, 0.15) is 28.3 Å². The van der Waals surface area contributed by atoms with Gasteiger partial charge < -0.3 is 15.4 Å². The minimum atomic E-state index is -0.374. The van der Waals surface area contributed by atoms with Crippen LogP contribution in [0.25, 0.3) is 0 Å². The van der Waals surface area contributed by atoms with Gasteiger partial charge in [0.2, 0.25) is 0 Å². The summed E-state index contributed by atoms with van der Waals surface area (Å²) in [7, 11) is 0. The molecule has 34 heavy (non-hydrogen) atoms. The maximum absolute atomic E-state index is 14.9. The number of ether oxygens (including phenoxy) is 1. The highest BCUT2D eigenvalue weighted by Crippen LogP contribution is 2.28. The number of hydrogen-bond donors (Lipinski definition) is 2. The second-order valence-corrected chi connectivity index (χ2v) is 8.50. The van der Waals surface area contributed by atoms with Gasteiger partial charge in [-0.2, -0.15) is 0 Å². The van der Waals surface area contributed by atoms with E-state index >= 15 is 0 Å². The summed E-state index contributed by atoms with van der Waals surface area (Å²) in [4.78, 5) is 0. The maximum atomic E-state index is 14.9. The molecule has 3 nitrogen and oxygen atoms in total. The molecule has 4 rings (SSSR count). The van der Waals surface area contributed by atoms with Crippen molar-refractivity contribution in [1.29, 1.82) is 0 Å². The van der Waals surface area contributed by atoms with Gasteiger partial charge in [0.15, 0.2) is 11.6 Å². The molecular weight excluding hydrogens is 447 g/mol. The summed E-state index contributed by atoms with van der Waals surface area (Å²) in [6, 6.07) is 30.7. The van der Waals surface area contributed by atoms with Crippen molar-refractivity contribution in [2.75, 3.05) is 18.4 Å². The van der Waals surface area contributed by atoms with E-state index in [1.54, 1.807) is 12.1 Å². The Morgan fingerprint density at radius 2 is 1.56 bits per heavy atom. The molecule has 0 heterocycles. The Morgan fingerprint density at radius 3 is 2.29 bits per heavy atom. The van der Waals surface area contributed by atoms with E-state index in [9.17, 15) is 4.39 Å². The first-order valence-electron chi connectivity index (χ1n) is 11.4. The fraction of sp³-hybridized carbons (Fsp3) is 0.172. The molecule has 4 aromatic carbocycles. The van der Waals surface area contributed by atoms with Crippen LogP contribution in [0.15, 0.2) is 97.1 Å². The Morgan fingerprint density at radius 1 is 0.824 bits per heavy atom. The third kappa shape index (κ3) is 6.16. The zero-order valence-electron chi connectivity index (χ0n) is 19.1. The number of anilines is 1. The van der Waals surface area contributed by atoms with E-state index in [1.807, 2.05) is 91.9 Å². The molecule has 174 valence electrons. The fourth-order valence-corrected chi connectivity index (χ4v) is 4.01. The van der Waals surface area contributed by atoms with Gasteiger partial charge in [-0.25, -0.2) is 4.39 Å². The lowest BCUT2D eigenvalue weighted by molar-refractivity contribution is 0.290. The summed E-state index contributed by atoms with van der Waals surface area (Å²) in [5, 5.41) is 7.66. The molecule has 5 heteroatoms. The first-order valence-corrected chi connectivity index (χ1v) is 11.7. The molecule has 0 saturated carbocycles. The van der Waals surface area contributed by atoms with E-state index in [4.69, 9.17) is 16.3 Å². The monoisotopic (exact) mass is 474 g/mol. The minimum absolute atomic E-state index is 0.159. The molecule has 0 radical (unpaired) electrons. The number of nitrogens with one attached hydrogen (secondary N) is 2. The Kier molecular flexibility index (Phi) is 8.18. The number of aryl methyl sites for hydroxylation is 1. The summed E-state index contributed by atoms with van der Waals surface area (Å²) in [6.45, 7) is 3.65. The maximum Gasteiger partial charge on any atom is 0.165 e. The molecule has 0 aliphatic rings. The number of halogens is 2. The van der Waals surface area contributed by atoms with Crippen molar-refractivity contribution in [3.05, 3.63) is 130 Å². The van der Waals surface area contributed by atoms with Gasteiger partial charge in [-0.1, -0.05) is 90.5 Å². The van der Waals surface area contributed by atoms with Crippen LogP contribution in [0, 0.1) is 12.7 Å². The predicted molar refractivity (Wildman–Crippen MR) is 138 cm³/mol. The van der Waals surface area contributed by atoms with Crippen LogP contribution in [0.3, 0.4) is 0 Å². The Bertz CT molecular complexity index is 1200. The van der Waals surface area contributed by atoms with Crippen molar-refractivity contribution in [1.82, 2.24) is 5.32 Å². The number of rotatable bonds is 10. The van der Waals surface area contributed by atoms with Gasteiger partial charge >= 0.3 is 0 Å². The van der Waals surface area contributed by atoms with Gasteiger partial charge in [-0.15, -0.1) is 0 Å².